The fraction of sp³-hybridized carbons (Fsp3) is 0.316. The summed E-state index contributed by atoms with van der Waals surface area (Å²) >= 11 is 0. The van der Waals surface area contributed by atoms with Gasteiger partial charge in [0.05, 0.1) is 19.1 Å². The number of methoxy groups -OCH3 is 1. The molecule has 108 valence electrons. The molecular formula is C19H21NO. The van der Waals surface area contributed by atoms with E-state index in [9.17, 15) is 5.26 Å². The van der Waals surface area contributed by atoms with Crippen LogP contribution in [0.5, 0.6) is 5.75 Å². The topological polar surface area (TPSA) is 33.0 Å². The minimum absolute atomic E-state index is 0.147. The van der Waals surface area contributed by atoms with Crippen molar-refractivity contribution in [1.29, 1.82) is 5.26 Å². The molecular weight excluding hydrogens is 258 g/mol. The van der Waals surface area contributed by atoms with E-state index >= 15 is 0 Å². The Hall–Kier alpha value is -2.27. The zero-order valence-electron chi connectivity index (χ0n) is 12.9. The molecule has 0 saturated carbocycles. The van der Waals surface area contributed by atoms with Gasteiger partial charge in [-0.2, -0.15) is 5.26 Å². The van der Waals surface area contributed by atoms with Gasteiger partial charge in [-0.3, -0.25) is 0 Å². The van der Waals surface area contributed by atoms with E-state index in [0.29, 0.717) is 6.42 Å². The molecule has 0 N–H and O–H groups in total. The maximum absolute atomic E-state index is 9.51. The molecule has 0 amide bonds. The number of hydrogen-bond donors (Lipinski definition) is 0. The van der Waals surface area contributed by atoms with Crippen LogP contribution in [0.3, 0.4) is 0 Å². The van der Waals surface area contributed by atoms with Crippen molar-refractivity contribution in [2.45, 2.75) is 32.6 Å². The van der Waals surface area contributed by atoms with Gasteiger partial charge in [0, 0.05) is 0 Å². The summed E-state index contributed by atoms with van der Waals surface area (Å²) in [5.41, 5.74) is 4.64. The molecule has 1 atom stereocenters. The van der Waals surface area contributed by atoms with E-state index in [2.05, 4.69) is 44.2 Å². The SMILES string of the molecule is CCc1ccc(OC)c(CC(C#N)c2ccc(C)cc2)c1. The summed E-state index contributed by atoms with van der Waals surface area (Å²) in [5, 5.41) is 9.51. The van der Waals surface area contributed by atoms with Gasteiger partial charge in [-0.15, -0.1) is 0 Å². The number of aryl methyl sites for hydroxylation is 2. The first-order valence-electron chi connectivity index (χ1n) is 7.30. The first-order chi connectivity index (χ1) is 10.2. The van der Waals surface area contributed by atoms with Gasteiger partial charge < -0.3 is 4.74 Å². The van der Waals surface area contributed by atoms with E-state index in [0.717, 1.165) is 23.3 Å². The largest absolute Gasteiger partial charge is 0.496 e. The number of nitriles is 1. The molecule has 0 aromatic heterocycles. The first kappa shape index (κ1) is 15.1. The molecule has 1 unspecified atom stereocenters. The van der Waals surface area contributed by atoms with Gasteiger partial charge in [0.2, 0.25) is 0 Å². The molecule has 0 saturated heterocycles. The molecule has 2 nitrogen and oxygen atoms in total. The molecule has 0 bridgehead atoms. The van der Waals surface area contributed by atoms with Gasteiger partial charge in [0.25, 0.3) is 0 Å². The molecule has 0 aliphatic rings. The maximum atomic E-state index is 9.51. The van der Waals surface area contributed by atoms with Crippen molar-refractivity contribution in [3.63, 3.8) is 0 Å². The first-order valence-corrected chi connectivity index (χ1v) is 7.30. The van der Waals surface area contributed by atoms with Gasteiger partial charge in [0.15, 0.2) is 0 Å². The van der Waals surface area contributed by atoms with E-state index < -0.39 is 0 Å². The van der Waals surface area contributed by atoms with Crippen LogP contribution in [0.4, 0.5) is 0 Å². The van der Waals surface area contributed by atoms with Crippen molar-refractivity contribution in [3.05, 3.63) is 64.7 Å². The molecule has 21 heavy (non-hydrogen) atoms. The van der Waals surface area contributed by atoms with Crippen LogP contribution >= 0.6 is 0 Å². The molecule has 2 heteroatoms. The molecule has 0 radical (unpaired) electrons. The molecule has 0 aliphatic heterocycles. The highest BCUT2D eigenvalue weighted by atomic mass is 16.5. The van der Waals surface area contributed by atoms with Crippen molar-refractivity contribution in [2.24, 2.45) is 0 Å². The van der Waals surface area contributed by atoms with Crippen LogP contribution in [0.15, 0.2) is 42.5 Å². The second-order valence-electron chi connectivity index (χ2n) is 5.30. The Morgan fingerprint density at radius 2 is 1.86 bits per heavy atom. The van der Waals surface area contributed by atoms with Crippen molar-refractivity contribution in [3.8, 4) is 11.8 Å². The zero-order valence-corrected chi connectivity index (χ0v) is 12.9. The van der Waals surface area contributed by atoms with Crippen molar-refractivity contribution in [2.75, 3.05) is 7.11 Å². The molecule has 0 heterocycles. The van der Waals surface area contributed by atoms with Crippen molar-refractivity contribution < 1.29 is 4.74 Å². The third-order valence-corrected chi connectivity index (χ3v) is 3.81. The summed E-state index contributed by atoms with van der Waals surface area (Å²) in [7, 11) is 1.68. The molecule has 2 rings (SSSR count). The van der Waals surface area contributed by atoms with Crippen LogP contribution in [0.1, 0.15) is 35.1 Å². The second kappa shape index (κ2) is 6.95. The third-order valence-electron chi connectivity index (χ3n) is 3.81. The lowest BCUT2D eigenvalue weighted by molar-refractivity contribution is 0.409. The molecule has 2 aromatic rings. The lowest BCUT2D eigenvalue weighted by atomic mass is 9.91. The van der Waals surface area contributed by atoms with E-state index in [4.69, 9.17) is 4.74 Å². The lowest BCUT2D eigenvalue weighted by Crippen LogP contribution is -2.03. The summed E-state index contributed by atoms with van der Waals surface area (Å²) in [4.78, 5) is 0. The highest BCUT2D eigenvalue weighted by molar-refractivity contribution is 5.40. The molecule has 2 aromatic carbocycles. The summed E-state index contributed by atoms with van der Waals surface area (Å²) in [6.07, 6.45) is 1.66. The minimum atomic E-state index is -0.147. The standard InChI is InChI=1S/C19H21NO/c1-4-15-7-10-19(21-3)17(11-15)12-18(13-20)16-8-5-14(2)6-9-16/h5-11,18H,4,12H2,1-3H3. The zero-order chi connectivity index (χ0) is 15.2. The van der Waals surface area contributed by atoms with E-state index in [1.54, 1.807) is 7.11 Å². The van der Waals surface area contributed by atoms with Gasteiger partial charge in [-0.1, -0.05) is 48.9 Å². The summed E-state index contributed by atoms with van der Waals surface area (Å²) in [6.45, 7) is 4.19. The normalized spacial score (nSPS) is 11.7. The summed E-state index contributed by atoms with van der Waals surface area (Å²) in [6, 6.07) is 16.8. The Labute approximate surface area is 127 Å². The Balaban J connectivity index is 2.30. The quantitative estimate of drug-likeness (QED) is 0.812. The van der Waals surface area contributed by atoms with Crippen LogP contribution in [-0.4, -0.2) is 7.11 Å². The molecule has 0 aliphatic carbocycles. The lowest BCUT2D eigenvalue weighted by Gasteiger charge is -2.14. The van der Waals surface area contributed by atoms with Crippen LogP contribution < -0.4 is 4.74 Å². The highest BCUT2D eigenvalue weighted by Crippen LogP contribution is 2.27. The summed E-state index contributed by atoms with van der Waals surface area (Å²) in [5.74, 6) is 0.714. The Morgan fingerprint density at radius 3 is 2.43 bits per heavy atom. The van der Waals surface area contributed by atoms with Gasteiger partial charge in [0.1, 0.15) is 5.75 Å². The average molecular weight is 279 g/mol. The molecule has 0 spiro atoms. The van der Waals surface area contributed by atoms with Crippen molar-refractivity contribution in [1.82, 2.24) is 0 Å². The Bertz CT molecular complexity index is 638. The second-order valence-corrected chi connectivity index (χ2v) is 5.30. The maximum Gasteiger partial charge on any atom is 0.122 e. The number of rotatable bonds is 5. The van der Waals surface area contributed by atoms with Crippen LogP contribution in [0.2, 0.25) is 0 Å². The monoisotopic (exact) mass is 279 g/mol. The number of ether oxygens (including phenoxy) is 1. The highest BCUT2D eigenvalue weighted by Gasteiger charge is 2.14. The van der Waals surface area contributed by atoms with Crippen LogP contribution in [0.25, 0.3) is 0 Å². The number of benzene rings is 2. The predicted octanol–water partition coefficient (Wildman–Crippen LogP) is 4.42. The Morgan fingerprint density at radius 1 is 1.14 bits per heavy atom. The minimum Gasteiger partial charge on any atom is -0.496 e. The fourth-order valence-corrected chi connectivity index (χ4v) is 2.47. The fourth-order valence-electron chi connectivity index (χ4n) is 2.47. The van der Waals surface area contributed by atoms with Crippen LogP contribution in [-0.2, 0) is 12.8 Å². The predicted molar refractivity (Wildman–Crippen MR) is 85.6 cm³/mol. The van der Waals surface area contributed by atoms with E-state index in [1.165, 1.54) is 11.1 Å². The number of nitrogens with zero attached hydrogens (tertiary/aromatic N) is 1. The van der Waals surface area contributed by atoms with Gasteiger partial charge in [-0.25, -0.2) is 0 Å². The third kappa shape index (κ3) is 3.64. The van der Waals surface area contributed by atoms with Gasteiger partial charge in [-0.05, 0) is 42.5 Å². The van der Waals surface area contributed by atoms with Gasteiger partial charge >= 0.3 is 0 Å². The number of hydrogen-bond acceptors (Lipinski definition) is 2. The smallest absolute Gasteiger partial charge is 0.122 e. The van der Waals surface area contributed by atoms with E-state index in [-0.39, 0.29) is 5.92 Å². The average Bonchev–Trinajstić information content (AvgIpc) is 2.53. The Kier molecular flexibility index (Phi) is 5.00. The molecule has 0 fully saturated rings. The van der Waals surface area contributed by atoms with E-state index in [1.807, 2.05) is 18.2 Å². The summed E-state index contributed by atoms with van der Waals surface area (Å²) < 4.78 is 5.44. The van der Waals surface area contributed by atoms with Crippen LogP contribution in [0, 0.1) is 18.3 Å². The van der Waals surface area contributed by atoms with Crippen molar-refractivity contribution >= 4 is 0 Å².